The molecule has 3 heterocycles. The SMILES string of the molecule is Cc1nn(CC(=O)NCC23CC4CC(CC(C4)C2)C3)c2nccc(-c3cccs3)c12. The molecule has 0 saturated heterocycles. The highest BCUT2D eigenvalue weighted by Gasteiger charge is 2.50. The van der Waals surface area contributed by atoms with Crippen LogP contribution in [0.2, 0.25) is 0 Å². The molecule has 3 aromatic heterocycles. The number of rotatable bonds is 5. The number of aryl methyl sites for hydroxylation is 1. The van der Waals surface area contributed by atoms with Gasteiger partial charge in [-0.25, -0.2) is 9.67 Å². The predicted molar refractivity (Wildman–Crippen MR) is 119 cm³/mol. The maximum atomic E-state index is 12.9. The number of pyridine rings is 1. The van der Waals surface area contributed by atoms with Crippen LogP contribution in [0.4, 0.5) is 0 Å². The van der Waals surface area contributed by atoms with Crippen LogP contribution in [0, 0.1) is 30.1 Å². The highest BCUT2D eigenvalue weighted by molar-refractivity contribution is 7.13. The maximum Gasteiger partial charge on any atom is 0.241 e. The monoisotopic (exact) mass is 420 g/mol. The molecule has 4 fully saturated rings. The summed E-state index contributed by atoms with van der Waals surface area (Å²) in [6.45, 7) is 3.07. The molecule has 0 unspecified atom stereocenters. The standard InChI is InChI=1S/C24H28N4OS/c1-15-22-19(20-3-2-6-30-20)4-5-25-23(22)28(27-15)13-21(29)26-14-24-10-16-7-17(11-24)9-18(8-16)12-24/h2-6,16-18H,7-14H2,1H3,(H,26,29). The van der Waals surface area contributed by atoms with Gasteiger partial charge in [0.25, 0.3) is 0 Å². The lowest BCUT2D eigenvalue weighted by Crippen LogP contribution is -2.51. The van der Waals surface area contributed by atoms with Crippen molar-refractivity contribution in [2.75, 3.05) is 6.54 Å². The lowest BCUT2D eigenvalue weighted by atomic mass is 9.49. The summed E-state index contributed by atoms with van der Waals surface area (Å²) in [4.78, 5) is 18.6. The van der Waals surface area contributed by atoms with Crippen LogP contribution in [-0.4, -0.2) is 27.2 Å². The van der Waals surface area contributed by atoms with E-state index in [0.717, 1.165) is 46.6 Å². The highest BCUT2D eigenvalue weighted by Crippen LogP contribution is 2.59. The Morgan fingerprint density at radius 2 is 1.93 bits per heavy atom. The number of amides is 1. The van der Waals surface area contributed by atoms with E-state index in [4.69, 9.17) is 0 Å². The fraction of sp³-hybridized carbons (Fsp3) is 0.542. The second kappa shape index (κ2) is 6.91. The van der Waals surface area contributed by atoms with Crippen molar-refractivity contribution in [3.05, 3.63) is 35.5 Å². The number of hydrogen-bond donors (Lipinski definition) is 1. The van der Waals surface area contributed by atoms with Gasteiger partial charge in [-0.15, -0.1) is 11.3 Å². The van der Waals surface area contributed by atoms with Crippen LogP contribution in [0.5, 0.6) is 0 Å². The molecule has 4 aliphatic carbocycles. The number of carbonyl (C=O) groups is 1. The fourth-order valence-corrected chi connectivity index (χ4v) is 7.77. The van der Waals surface area contributed by atoms with Crippen molar-refractivity contribution in [1.29, 1.82) is 0 Å². The van der Waals surface area contributed by atoms with Crippen LogP contribution in [0.1, 0.15) is 44.2 Å². The Morgan fingerprint density at radius 1 is 1.20 bits per heavy atom. The summed E-state index contributed by atoms with van der Waals surface area (Å²) < 4.78 is 1.77. The Kier molecular flexibility index (Phi) is 4.27. The Morgan fingerprint density at radius 3 is 2.60 bits per heavy atom. The minimum atomic E-state index is 0.0541. The number of aromatic nitrogens is 3. The molecule has 4 aliphatic rings. The molecule has 0 spiro atoms. The zero-order valence-electron chi connectivity index (χ0n) is 17.4. The van der Waals surface area contributed by atoms with Gasteiger partial charge in [-0.1, -0.05) is 6.07 Å². The lowest BCUT2D eigenvalue weighted by molar-refractivity contribution is -0.124. The van der Waals surface area contributed by atoms with E-state index in [9.17, 15) is 4.79 Å². The number of nitrogens with zero attached hydrogens (tertiary/aromatic N) is 3. The third-order valence-corrected chi connectivity index (χ3v) is 8.62. The second-order valence-electron chi connectivity index (χ2n) is 9.97. The van der Waals surface area contributed by atoms with Gasteiger partial charge < -0.3 is 5.32 Å². The van der Waals surface area contributed by atoms with E-state index in [-0.39, 0.29) is 12.5 Å². The van der Waals surface area contributed by atoms with E-state index in [1.807, 2.05) is 19.2 Å². The Labute approximate surface area is 180 Å². The van der Waals surface area contributed by atoms with Crippen LogP contribution in [0.25, 0.3) is 21.5 Å². The zero-order valence-corrected chi connectivity index (χ0v) is 18.3. The summed E-state index contributed by atoms with van der Waals surface area (Å²) in [7, 11) is 0. The molecule has 4 saturated carbocycles. The molecule has 0 radical (unpaired) electrons. The number of hydrogen-bond acceptors (Lipinski definition) is 4. The summed E-state index contributed by atoms with van der Waals surface area (Å²) in [5, 5.41) is 11.1. The molecule has 4 bridgehead atoms. The van der Waals surface area contributed by atoms with Crippen molar-refractivity contribution < 1.29 is 4.79 Å². The summed E-state index contributed by atoms with van der Waals surface area (Å²) in [5.41, 5.74) is 3.23. The van der Waals surface area contributed by atoms with Crippen LogP contribution in [0.3, 0.4) is 0 Å². The number of fused-ring (bicyclic) bond motifs is 1. The first-order valence-electron chi connectivity index (χ1n) is 11.2. The van der Waals surface area contributed by atoms with Gasteiger partial charge in [0, 0.05) is 23.2 Å². The number of nitrogens with one attached hydrogen (secondary N) is 1. The summed E-state index contributed by atoms with van der Waals surface area (Å²) in [5.74, 6) is 2.78. The van der Waals surface area contributed by atoms with Crippen molar-refractivity contribution >= 4 is 28.3 Å². The molecular formula is C24H28N4OS. The molecule has 5 nitrogen and oxygen atoms in total. The normalized spacial score (nSPS) is 29.6. The van der Waals surface area contributed by atoms with E-state index < -0.39 is 0 Å². The van der Waals surface area contributed by atoms with Crippen LogP contribution < -0.4 is 5.32 Å². The molecule has 7 rings (SSSR count). The van der Waals surface area contributed by atoms with E-state index in [1.54, 1.807) is 16.0 Å². The van der Waals surface area contributed by atoms with Gasteiger partial charge in [0.1, 0.15) is 6.54 Å². The third-order valence-electron chi connectivity index (χ3n) is 7.71. The molecule has 1 N–H and O–H groups in total. The summed E-state index contributed by atoms with van der Waals surface area (Å²) in [6.07, 6.45) is 10.1. The first-order valence-corrected chi connectivity index (χ1v) is 12.1. The minimum Gasteiger partial charge on any atom is -0.354 e. The van der Waals surface area contributed by atoms with Crippen molar-refractivity contribution in [2.45, 2.75) is 52.0 Å². The highest BCUT2D eigenvalue weighted by atomic mass is 32.1. The van der Waals surface area contributed by atoms with E-state index in [1.165, 1.54) is 43.4 Å². The molecule has 0 atom stereocenters. The van der Waals surface area contributed by atoms with Gasteiger partial charge in [0.15, 0.2) is 5.65 Å². The van der Waals surface area contributed by atoms with Gasteiger partial charge in [0.05, 0.1) is 11.1 Å². The topological polar surface area (TPSA) is 59.8 Å². The van der Waals surface area contributed by atoms with E-state index >= 15 is 0 Å². The number of thiophene rings is 1. The summed E-state index contributed by atoms with van der Waals surface area (Å²) >= 11 is 1.71. The van der Waals surface area contributed by atoms with Crippen molar-refractivity contribution in [2.24, 2.45) is 23.2 Å². The molecule has 0 aliphatic heterocycles. The minimum absolute atomic E-state index is 0.0541. The van der Waals surface area contributed by atoms with Crippen molar-refractivity contribution in [3.8, 4) is 10.4 Å². The average Bonchev–Trinajstić information content (AvgIpc) is 3.35. The molecular weight excluding hydrogens is 392 g/mol. The quantitative estimate of drug-likeness (QED) is 0.645. The third kappa shape index (κ3) is 3.08. The molecule has 6 heteroatoms. The zero-order chi connectivity index (χ0) is 20.3. The molecule has 3 aromatic rings. The maximum absolute atomic E-state index is 12.9. The number of carbonyl (C=O) groups excluding carboxylic acids is 1. The summed E-state index contributed by atoms with van der Waals surface area (Å²) in [6, 6.07) is 6.22. The van der Waals surface area contributed by atoms with Crippen LogP contribution in [-0.2, 0) is 11.3 Å². The molecule has 0 aromatic carbocycles. The van der Waals surface area contributed by atoms with Gasteiger partial charge in [-0.2, -0.15) is 5.10 Å². The smallest absolute Gasteiger partial charge is 0.241 e. The van der Waals surface area contributed by atoms with Crippen LogP contribution in [0.15, 0.2) is 29.8 Å². The van der Waals surface area contributed by atoms with Crippen molar-refractivity contribution in [1.82, 2.24) is 20.1 Å². The van der Waals surface area contributed by atoms with Crippen LogP contribution >= 0.6 is 11.3 Å². The van der Waals surface area contributed by atoms with Gasteiger partial charge in [0.2, 0.25) is 5.91 Å². The van der Waals surface area contributed by atoms with Gasteiger partial charge in [-0.05, 0) is 86.1 Å². The predicted octanol–water partition coefficient (Wildman–Crippen LogP) is 4.80. The molecule has 156 valence electrons. The lowest BCUT2D eigenvalue weighted by Gasteiger charge is -2.56. The Bertz CT molecular complexity index is 1060. The molecule has 1 amide bonds. The van der Waals surface area contributed by atoms with Gasteiger partial charge in [-0.3, -0.25) is 4.79 Å². The Hall–Kier alpha value is -2.21. The van der Waals surface area contributed by atoms with Crippen molar-refractivity contribution in [3.63, 3.8) is 0 Å². The van der Waals surface area contributed by atoms with E-state index in [2.05, 4.69) is 32.9 Å². The van der Waals surface area contributed by atoms with E-state index in [0.29, 0.717) is 5.41 Å². The average molecular weight is 421 g/mol. The largest absolute Gasteiger partial charge is 0.354 e. The Balaban J connectivity index is 1.20. The first-order chi connectivity index (χ1) is 14.6. The first kappa shape index (κ1) is 18.6. The fourth-order valence-electron chi connectivity index (χ4n) is 7.01. The molecule has 30 heavy (non-hydrogen) atoms. The van der Waals surface area contributed by atoms with Gasteiger partial charge >= 0.3 is 0 Å². The second-order valence-corrected chi connectivity index (χ2v) is 10.9.